The summed E-state index contributed by atoms with van der Waals surface area (Å²) in [5.74, 6) is -1.01. The molecule has 6 heteroatoms. The second-order valence-corrected chi connectivity index (χ2v) is 17.4. The van der Waals surface area contributed by atoms with Gasteiger partial charge in [-0.3, -0.25) is 14.4 Å². The predicted molar refractivity (Wildman–Crippen MR) is 279 cm³/mol. The quantitative estimate of drug-likeness (QED) is 0.0262. The molecule has 0 fully saturated rings. The Hall–Kier alpha value is -3.67. The van der Waals surface area contributed by atoms with E-state index in [0.29, 0.717) is 19.3 Å². The van der Waals surface area contributed by atoms with Gasteiger partial charge in [-0.1, -0.05) is 195 Å². The molecule has 0 spiro atoms. The van der Waals surface area contributed by atoms with Gasteiger partial charge in [-0.05, 0) is 122 Å². The summed E-state index contributed by atoms with van der Waals surface area (Å²) in [4.78, 5) is 38.0. The van der Waals surface area contributed by atoms with E-state index in [2.05, 4.69) is 118 Å². The number of ether oxygens (including phenoxy) is 3. The Labute approximate surface area is 400 Å². The molecule has 6 nitrogen and oxygen atoms in total. The molecular formula is C59H98O6. The molecule has 0 aromatic carbocycles. The van der Waals surface area contributed by atoms with Crippen molar-refractivity contribution in [2.45, 2.75) is 245 Å². The second kappa shape index (κ2) is 52.9. The molecular weight excluding hydrogens is 805 g/mol. The number of hydrogen-bond donors (Lipinski definition) is 0. The lowest BCUT2D eigenvalue weighted by atomic mass is 10.1. The van der Waals surface area contributed by atoms with Crippen molar-refractivity contribution < 1.29 is 28.6 Å². The molecule has 1 atom stereocenters. The summed E-state index contributed by atoms with van der Waals surface area (Å²) in [6.07, 6.45) is 69.6. The summed E-state index contributed by atoms with van der Waals surface area (Å²) in [5, 5.41) is 0. The average molecular weight is 903 g/mol. The van der Waals surface area contributed by atoms with Crippen LogP contribution in [-0.4, -0.2) is 37.2 Å². The minimum absolute atomic E-state index is 0.117. The van der Waals surface area contributed by atoms with E-state index in [4.69, 9.17) is 14.2 Å². The monoisotopic (exact) mass is 903 g/mol. The topological polar surface area (TPSA) is 78.9 Å². The lowest BCUT2D eigenvalue weighted by molar-refractivity contribution is -0.167. The normalized spacial score (nSPS) is 12.8. The number of rotatable bonds is 47. The van der Waals surface area contributed by atoms with Crippen LogP contribution in [0.25, 0.3) is 0 Å². The van der Waals surface area contributed by atoms with Crippen molar-refractivity contribution in [2.75, 3.05) is 13.2 Å². The fraction of sp³-hybridized carbons (Fsp3) is 0.678. The van der Waals surface area contributed by atoms with Gasteiger partial charge in [-0.25, -0.2) is 0 Å². The summed E-state index contributed by atoms with van der Waals surface area (Å²) in [6, 6.07) is 0. The second-order valence-electron chi connectivity index (χ2n) is 17.4. The van der Waals surface area contributed by atoms with E-state index in [0.717, 1.165) is 77.0 Å². The molecule has 65 heavy (non-hydrogen) atoms. The molecule has 0 N–H and O–H groups in total. The van der Waals surface area contributed by atoms with Gasteiger partial charge in [0, 0.05) is 19.3 Å². The highest BCUT2D eigenvalue weighted by molar-refractivity contribution is 5.71. The van der Waals surface area contributed by atoms with Crippen LogP contribution in [0.1, 0.15) is 239 Å². The van der Waals surface area contributed by atoms with Gasteiger partial charge in [0.25, 0.3) is 0 Å². The first kappa shape index (κ1) is 61.3. The summed E-state index contributed by atoms with van der Waals surface area (Å²) in [6.45, 7) is 6.48. The highest BCUT2D eigenvalue weighted by Gasteiger charge is 2.19. The third-order valence-corrected chi connectivity index (χ3v) is 11.0. The number of unbranched alkanes of at least 4 members (excludes halogenated alkanes) is 20. The van der Waals surface area contributed by atoms with Crippen molar-refractivity contribution in [1.82, 2.24) is 0 Å². The summed E-state index contributed by atoms with van der Waals surface area (Å²) in [5.41, 5.74) is 0. The molecule has 0 aliphatic carbocycles. The van der Waals surface area contributed by atoms with Crippen LogP contribution in [0.2, 0.25) is 0 Å². The van der Waals surface area contributed by atoms with Gasteiger partial charge in [0.1, 0.15) is 13.2 Å². The SMILES string of the molecule is CCCCC/C=C\C/C=C\C/C=C\C/C=C\CCCC(=O)OC[C@H](COC(=O)CCCC/C=C\C/C=C\C/C=C\CCCCC)OC(=O)CCCCCCCCC/C=C\CCCCCC. The third kappa shape index (κ3) is 51.2. The smallest absolute Gasteiger partial charge is 0.306 e. The summed E-state index contributed by atoms with van der Waals surface area (Å²) < 4.78 is 16.7. The molecule has 0 heterocycles. The van der Waals surface area contributed by atoms with Crippen molar-refractivity contribution in [3.63, 3.8) is 0 Å². The Morgan fingerprint density at radius 3 is 1.00 bits per heavy atom. The third-order valence-electron chi connectivity index (χ3n) is 11.0. The van der Waals surface area contributed by atoms with Crippen LogP contribution in [0, 0.1) is 0 Å². The molecule has 370 valence electrons. The molecule has 0 bridgehead atoms. The minimum Gasteiger partial charge on any atom is -0.462 e. The van der Waals surface area contributed by atoms with Gasteiger partial charge in [0.15, 0.2) is 6.10 Å². The van der Waals surface area contributed by atoms with E-state index in [1.54, 1.807) is 0 Å². The van der Waals surface area contributed by atoms with E-state index in [1.807, 2.05) is 0 Å². The van der Waals surface area contributed by atoms with Gasteiger partial charge < -0.3 is 14.2 Å². The first-order valence-corrected chi connectivity index (χ1v) is 26.7. The molecule has 0 aromatic heterocycles. The Morgan fingerprint density at radius 2 is 0.569 bits per heavy atom. The average Bonchev–Trinajstić information content (AvgIpc) is 3.30. The molecule has 0 unspecified atom stereocenters. The fourth-order valence-corrected chi connectivity index (χ4v) is 6.96. The van der Waals surface area contributed by atoms with Crippen LogP contribution in [0.3, 0.4) is 0 Å². The minimum atomic E-state index is -0.818. The number of allylic oxidation sites excluding steroid dienone is 16. The standard InChI is InChI=1S/C59H98O6/c1-4-7-10-13-16-19-22-25-28-29-32-34-37-40-43-46-49-52-58(61)64-55-56(65-59(62)53-50-47-44-41-38-35-31-27-24-21-18-15-12-9-6-3)54-63-57(60)51-48-45-42-39-36-33-30-26-23-20-17-14-11-8-5-2/h16-17,19-21,24-26,28,30,32,34,36,39-40,43,56H,4-15,18,22-23,27,29,31,33,35,37-38,41-42,44-55H2,1-3H3/b19-16-,20-17-,24-21-,28-25-,30-26-,34-32-,39-36-,43-40-/t56-/m0/s1. The molecule has 0 rings (SSSR count). The molecule has 0 aliphatic rings. The van der Waals surface area contributed by atoms with Gasteiger partial charge in [0.05, 0.1) is 0 Å². The Bertz CT molecular complexity index is 1310. The van der Waals surface area contributed by atoms with Crippen molar-refractivity contribution in [1.29, 1.82) is 0 Å². The van der Waals surface area contributed by atoms with Crippen LogP contribution in [0.5, 0.6) is 0 Å². The Balaban J connectivity index is 4.55. The van der Waals surface area contributed by atoms with Crippen molar-refractivity contribution >= 4 is 17.9 Å². The number of esters is 3. The maximum atomic E-state index is 12.8. The maximum Gasteiger partial charge on any atom is 0.306 e. The van der Waals surface area contributed by atoms with Crippen LogP contribution in [-0.2, 0) is 28.6 Å². The largest absolute Gasteiger partial charge is 0.462 e. The number of carbonyl (C=O) groups excluding carboxylic acids is 3. The van der Waals surface area contributed by atoms with Crippen molar-refractivity contribution in [2.24, 2.45) is 0 Å². The van der Waals surface area contributed by atoms with Gasteiger partial charge in [-0.15, -0.1) is 0 Å². The molecule has 0 aliphatic heterocycles. The molecule has 0 amide bonds. The van der Waals surface area contributed by atoms with Gasteiger partial charge in [0.2, 0.25) is 0 Å². The van der Waals surface area contributed by atoms with E-state index in [9.17, 15) is 14.4 Å². The zero-order valence-electron chi connectivity index (χ0n) is 42.2. The number of carbonyl (C=O) groups is 3. The van der Waals surface area contributed by atoms with Crippen LogP contribution >= 0.6 is 0 Å². The van der Waals surface area contributed by atoms with Gasteiger partial charge in [-0.2, -0.15) is 0 Å². The fourth-order valence-electron chi connectivity index (χ4n) is 6.96. The van der Waals surface area contributed by atoms with Crippen molar-refractivity contribution in [3.05, 3.63) is 97.2 Å². The van der Waals surface area contributed by atoms with Gasteiger partial charge >= 0.3 is 17.9 Å². The zero-order valence-corrected chi connectivity index (χ0v) is 42.2. The van der Waals surface area contributed by atoms with Crippen LogP contribution < -0.4 is 0 Å². The van der Waals surface area contributed by atoms with Crippen molar-refractivity contribution in [3.8, 4) is 0 Å². The number of hydrogen-bond acceptors (Lipinski definition) is 6. The zero-order chi connectivity index (χ0) is 47.2. The highest BCUT2D eigenvalue weighted by atomic mass is 16.6. The van der Waals surface area contributed by atoms with E-state index >= 15 is 0 Å². The molecule has 0 saturated heterocycles. The van der Waals surface area contributed by atoms with E-state index < -0.39 is 6.10 Å². The lowest BCUT2D eigenvalue weighted by Gasteiger charge is -2.18. The molecule has 0 saturated carbocycles. The maximum absolute atomic E-state index is 12.8. The summed E-state index contributed by atoms with van der Waals surface area (Å²) in [7, 11) is 0. The summed E-state index contributed by atoms with van der Waals surface area (Å²) >= 11 is 0. The Morgan fingerprint density at radius 1 is 0.308 bits per heavy atom. The molecule has 0 radical (unpaired) electrons. The highest BCUT2D eigenvalue weighted by Crippen LogP contribution is 2.13. The first-order valence-electron chi connectivity index (χ1n) is 26.7. The van der Waals surface area contributed by atoms with E-state index in [-0.39, 0.29) is 37.5 Å². The van der Waals surface area contributed by atoms with Crippen LogP contribution in [0.4, 0.5) is 0 Å². The lowest BCUT2D eigenvalue weighted by Crippen LogP contribution is -2.30. The van der Waals surface area contributed by atoms with Crippen LogP contribution in [0.15, 0.2) is 97.2 Å². The first-order chi connectivity index (χ1) is 32.0. The Kier molecular flexibility index (Phi) is 50.0. The van der Waals surface area contributed by atoms with E-state index in [1.165, 1.54) is 116 Å². The predicted octanol–water partition coefficient (Wildman–Crippen LogP) is 17.8. The molecule has 0 aromatic rings.